The molecule has 0 aliphatic heterocycles. The van der Waals surface area contributed by atoms with Gasteiger partial charge in [-0.2, -0.15) is 4.98 Å². The van der Waals surface area contributed by atoms with E-state index in [9.17, 15) is 0 Å². The zero-order chi connectivity index (χ0) is 19.8. The highest BCUT2D eigenvalue weighted by Gasteiger charge is 2.07. The van der Waals surface area contributed by atoms with Crippen molar-refractivity contribution in [3.05, 3.63) is 47.8 Å². The lowest BCUT2D eigenvalue weighted by atomic mass is 10.1. The third kappa shape index (κ3) is 5.70. The van der Waals surface area contributed by atoms with Gasteiger partial charge in [0.25, 0.3) is 0 Å². The standard InChI is InChI=1S/C22H32N6/c1-4-23-12-7-8-16(2)26-22-27-17(3)14-21(28-22)24-13-11-18-15-25-20-10-6-5-9-19(18)20/h5-6,9-10,14-16,23,25H,4,7-8,11-13H2,1-3H3,(H2,24,26,27,28). The third-order valence-corrected chi connectivity index (χ3v) is 4.85. The molecule has 1 aromatic carbocycles. The van der Waals surface area contributed by atoms with Crippen LogP contribution in [-0.4, -0.2) is 40.6 Å². The zero-order valence-electron chi connectivity index (χ0n) is 17.2. The maximum atomic E-state index is 4.64. The number of fused-ring (bicyclic) bond motifs is 1. The van der Waals surface area contributed by atoms with Gasteiger partial charge in [-0.05, 0) is 57.8 Å². The molecule has 6 heteroatoms. The fourth-order valence-electron chi connectivity index (χ4n) is 3.39. The first-order valence-corrected chi connectivity index (χ1v) is 10.3. The highest BCUT2D eigenvalue weighted by molar-refractivity contribution is 5.83. The van der Waals surface area contributed by atoms with Crippen LogP contribution in [0.5, 0.6) is 0 Å². The molecule has 0 radical (unpaired) electrons. The van der Waals surface area contributed by atoms with E-state index in [1.54, 1.807) is 0 Å². The normalized spacial score (nSPS) is 12.2. The van der Waals surface area contributed by atoms with Crippen molar-refractivity contribution in [3.63, 3.8) is 0 Å². The molecule has 0 spiro atoms. The van der Waals surface area contributed by atoms with Crippen LogP contribution in [0, 0.1) is 6.92 Å². The molecular formula is C22H32N6. The molecule has 0 saturated heterocycles. The van der Waals surface area contributed by atoms with Crippen molar-refractivity contribution in [1.29, 1.82) is 0 Å². The number of aryl methyl sites for hydroxylation is 1. The van der Waals surface area contributed by atoms with Crippen molar-refractivity contribution in [1.82, 2.24) is 20.3 Å². The maximum Gasteiger partial charge on any atom is 0.225 e. The predicted molar refractivity (Wildman–Crippen MR) is 118 cm³/mol. The van der Waals surface area contributed by atoms with Crippen LogP contribution >= 0.6 is 0 Å². The molecule has 0 fully saturated rings. The minimum absolute atomic E-state index is 0.347. The van der Waals surface area contributed by atoms with Gasteiger partial charge < -0.3 is 20.9 Å². The van der Waals surface area contributed by atoms with Crippen LogP contribution < -0.4 is 16.0 Å². The van der Waals surface area contributed by atoms with Gasteiger partial charge in [0.1, 0.15) is 5.82 Å². The molecule has 3 aromatic rings. The number of hydrogen-bond donors (Lipinski definition) is 4. The Morgan fingerprint density at radius 1 is 1.14 bits per heavy atom. The van der Waals surface area contributed by atoms with Gasteiger partial charge in [-0.15, -0.1) is 0 Å². The summed E-state index contributed by atoms with van der Waals surface area (Å²) in [5.41, 5.74) is 3.47. The molecule has 1 unspecified atom stereocenters. The van der Waals surface area contributed by atoms with Crippen molar-refractivity contribution in [2.45, 2.75) is 46.1 Å². The third-order valence-electron chi connectivity index (χ3n) is 4.85. The Kier molecular flexibility index (Phi) is 7.25. The quantitative estimate of drug-likeness (QED) is 0.377. The second kappa shape index (κ2) is 10.1. The molecule has 2 heterocycles. The summed E-state index contributed by atoms with van der Waals surface area (Å²) in [5.74, 6) is 1.57. The van der Waals surface area contributed by atoms with Crippen molar-refractivity contribution < 1.29 is 0 Å². The lowest BCUT2D eigenvalue weighted by molar-refractivity contribution is 0.601. The Hall–Kier alpha value is -2.60. The molecule has 150 valence electrons. The number of hydrogen-bond acceptors (Lipinski definition) is 5. The molecule has 3 rings (SSSR count). The van der Waals surface area contributed by atoms with Crippen LogP contribution in [0.15, 0.2) is 36.5 Å². The van der Waals surface area contributed by atoms with E-state index in [0.29, 0.717) is 12.0 Å². The fourth-order valence-corrected chi connectivity index (χ4v) is 3.39. The lowest BCUT2D eigenvalue weighted by Crippen LogP contribution is -2.21. The van der Waals surface area contributed by atoms with E-state index in [-0.39, 0.29) is 0 Å². The second-order valence-corrected chi connectivity index (χ2v) is 7.30. The second-order valence-electron chi connectivity index (χ2n) is 7.30. The highest BCUT2D eigenvalue weighted by Crippen LogP contribution is 2.18. The first-order chi connectivity index (χ1) is 13.7. The molecular weight excluding hydrogens is 348 g/mol. The molecule has 0 aliphatic rings. The number of anilines is 2. The number of aromatic nitrogens is 3. The molecule has 0 aliphatic carbocycles. The van der Waals surface area contributed by atoms with E-state index in [2.05, 4.69) is 75.2 Å². The van der Waals surface area contributed by atoms with Crippen LogP contribution in [0.2, 0.25) is 0 Å². The molecule has 1 atom stereocenters. The number of para-hydroxylation sites is 1. The van der Waals surface area contributed by atoms with Gasteiger partial charge in [-0.25, -0.2) is 4.98 Å². The zero-order valence-corrected chi connectivity index (χ0v) is 17.2. The van der Waals surface area contributed by atoms with E-state index in [1.165, 1.54) is 16.5 Å². The number of nitrogens with zero attached hydrogens (tertiary/aromatic N) is 2. The van der Waals surface area contributed by atoms with Crippen LogP contribution in [0.4, 0.5) is 11.8 Å². The van der Waals surface area contributed by atoms with Gasteiger partial charge in [0.05, 0.1) is 0 Å². The minimum Gasteiger partial charge on any atom is -0.370 e. The Morgan fingerprint density at radius 2 is 2.00 bits per heavy atom. The summed E-state index contributed by atoms with van der Waals surface area (Å²) in [7, 11) is 0. The van der Waals surface area contributed by atoms with E-state index in [4.69, 9.17) is 0 Å². The van der Waals surface area contributed by atoms with Crippen molar-refractivity contribution in [2.75, 3.05) is 30.3 Å². The molecule has 0 amide bonds. The summed E-state index contributed by atoms with van der Waals surface area (Å²) >= 11 is 0. The SMILES string of the molecule is CCNCCCC(C)Nc1nc(C)cc(NCCc2c[nH]c3ccccc23)n1. The summed E-state index contributed by atoms with van der Waals surface area (Å²) in [6.07, 6.45) is 5.27. The van der Waals surface area contributed by atoms with Gasteiger partial charge in [-0.1, -0.05) is 25.1 Å². The summed E-state index contributed by atoms with van der Waals surface area (Å²) in [6.45, 7) is 9.23. The van der Waals surface area contributed by atoms with Crippen molar-refractivity contribution >= 4 is 22.7 Å². The van der Waals surface area contributed by atoms with Crippen LogP contribution in [0.1, 0.15) is 37.9 Å². The summed E-state index contributed by atoms with van der Waals surface area (Å²) < 4.78 is 0. The van der Waals surface area contributed by atoms with E-state index >= 15 is 0 Å². The number of benzene rings is 1. The van der Waals surface area contributed by atoms with Gasteiger partial charge in [0, 0.05) is 41.4 Å². The lowest BCUT2D eigenvalue weighted by Gasteiger charge is -2.15. The fraction of sp³-hybridized carbons (Fsp3) is 0.455. The summed E-state index contributed by atoms with van der Waals surface area (Å²) in [5, 5.41) is 11.5. The van der Waals surface area contributed by atoms with Crippen molar-refractivity contribution in [2.24, 2.45) is 0 Å². The van der Waals surface area contributed by atoms with E-state index < -0.39 is 0 Å². The van der Waals surface area contributed by atoms with Crippen LogP contribution in [0.3, 0.4) is 0 Å². The Bertz CT molecular complexity index is 872. The number of rotatable bonds is 11. The monoisotopic (exact) mass is 380 g/mol. The van der Waals surface area contributed by atoms with Gasteiger partial charge in [0.15, 0.2) is 0 Å². The Labute approximate surface area is 167 Å². The first kappa shape index (κ1) is 20.1. The van der Waals surface area contributed by atoms with Crippen molar-refractivity contribution in [3.8, 4) is 0 Å². The molecule has 4 N–H and O–H groups in total. The molecule has 6 nitrogen and oxygen atoms in total. The Morgan fingerprint density at radius 3 is 2.86 bits per heavy atom. The van der Waals surface area contributed by atoms with Gasteiger partial charge in [0.2, 0.25) is 5.95 Å². The highest BCUT2D eigenvalue weighted by atomic mass is 15.2. The first-order valence-electron chi connectivity index (χ1n) is 10.3. The predicted octanol–water partition coefficient (Wildman–Crippen LogP) is 4.11. The maximum absolute atomic E-state index is 4.64. The molecule has 2 aromatic heterocycles. The smallest absolute Gasteiger partial charge is 0.225 e. The average molecular weight is 381 g/mol. The van der Waals surface area contributed by atoms with Gasteiger partial charge >= 0.3 is 0 Å². The Balaban J connectivity index is 1.53. The molecule has 28 heavy (non-hydrogen) atoms. The molecule has 0 bridgehead atoms. The number of nitrogens with one attached hydrogen (secondary N) is 4. The van der Waals surface area contributed by atoms with Crippen LogP contribution in [0.25, 0.3) is 10.9 Å². The van der Waals surface area contributed by atoms with E-state index in [1.807, 2.05) is 13.0 Å². The van der Waals surface area contributed by atoms with E-state index in [0.717, 1.165) is 50.4 Å². The topological polar surface area (TPSA) is 77.7 Å². The number of aromatic amines is 1. The van der Waals surface area contributed by atoms with Crippen LogP contribution in [-0.2, 0) is 6.42 Å². The molecule has 0 saturated carbocycles. The largest absolute Gasteiger partial charge is 0.370 e. The summed E-state index contributed by atoms with van der Waals surface area (Å²) in [6, 6.07) is 10.8. The number of H-pyrrole nitrogens is 1. The minimum atomic E-state index is 0.347. The average Bonchev–Trinajstić information content (AvgIpc) is 3.08. The van der Waals surface area contributed by atoms with Gasteiger partial charge in [-0.3, -0.25) is 0 Å². The summed E-state index contributed by atoms with van der Waals surface area (Å²) in [4.78, 5) is 12.5.